The van der Waals surface area contributed by atoms with Gasteiger partial charge in [-0.25, -0.2) is 0 Å². The van der Waals surface area contributed by atoms with Crippen molar-refractivity contribution in [2.24, 2.45) is 0 Å². The van der Waals surface area contributed by atoms with E-state index in [0.29, 0.717) is 18.1 Å². The van der Waals surface area contributed by atoms with Gasteiger partial charge in [0.15, 0.2) is 0 Å². The lowest BCUT2D eigenvalue weighted by molar-refractivity contribution is -0.132. The first-order valence-corrected chi connectivity index (χ1v) is 7.64. The highest BCUT2D eigenvalue weighted by atomic mass is 32.2. The zero-order valence-electron chi connectivity index (χ0n) is 11.1. The number of Topliss-reactive ketones (excluding diaryl/α,β-unsaturated/α-hetero) is 1. The van der Waals surface area contributed by atoms with Crippen molar-refractivity contribution in [3.05, 3.63) is 24.2 Å². The second-order valence-electron chi connectivity index (χ2n) is 4.75. The van der Waals surface area contributed by atoms with Crippen molar-refractivity contribution in [3.8, 4) is 0 Å². The summed E-state index contributed by atoms with van der Waals surface area (Å²) in [5.74, 6) is 2.07. The maximum Gasteiger partial charge on any atom is 0.223 e. The molecule has 0 aliphatic carbocycles. The standard InChI is InChI=1S/C14H19NO3S/c1-11(16)4-5-14(17)15-7-6-13(19-10-8-15)12-3-2-9-18-12/h2-3,9,13H,4-8,10H2,1H3. The summed E-state index contributed by atoms with van der Waals surface area (Å²) in [6, 6.07) is 3.89. The van der Waals surface area contributed by atoms with Gasteiger partial charge < -0.3 is 14.1 Å². The van der Waals surface area contributed by atoms with Crippen molar-refractivity contribution < 1.29 is 14.0 Å². The minimum Gasteiger partial charge on any atom is -0.468 e. The fourth-order valence-electron chi connectivity index (χ4n) is 2.16. The fourth-order valence-corrected chi connectivity index (χ4v) is 3.34. The Morgan fingerprint density at radius 1 is 1.42 bits per heavy atom. The van der Waals surface area contributed by atoms with Crippen LogP contribution in [0.15, 0.2) is 22.8 Å². The molecule has 5 heteroatoms. The fraction of sp³-hybridized carbons (Fsp3) is 0.571. The van der Waals surface area contributed by atoms with Gasteiger partial charge in [-0.15, -0.1) is 11.8 Å². The summed E-state index contributed by atoms with van der Waals surface area (Å²) in [4.78, 5) is 24.8. The molecule has 1 aromatic rings. The first-order chi connectivity index (χ1) is 9.16. The number of furan rings is 1. The van der Waals surface area contributed by atoms with E-state index >= 15 is 0 Å². The molecule has 1 atom stereocenters. The smallest absolute Gasteiger partial charge is 0.223 e. The van der Waals surface area contributed by atoms with E-state index in [0.717, 1.165) is 31.0 Å². The van der Waals surface area contributed by atoms with Crippen LogP contribution in [0.5, 0.6) is 0 Å². The van der Waals surface area contributed by atoms with E-state index in [1.165, 1.54) is 6.92 Å². The van der Waals surface area contributed by atoms with Gasteiger partial charge in [-0.05, 0) is 25.5 Å². The van der Waals surface area contributed by atoms with E-state index in [2.05, 4.69) is 0 Å². The molecule has 0 bridgehead atoms. The third-order valence-electron chi connectivity index (χ3n) is 3.25. The molecule has 2 rings (SSSR count). The van der Waals surface area contributed by atoms with Crippen LogP contribution in [0.3, 0.4) is 0 Å². The Balaban J connectivity index is 1.86. The van der Waals surface area contributed by atoms with Crippen molar-refractivity contribution in [2.75, 3.05) is 18.8 Å². The van der Waals surface area contributed by atoms with E-state index in [9.17, 15) is 9.59 Å². The molecule has 1 aliphatic rings. The molecule has 1 aromatic heterocycles. The Kier molecular flexibility index (Phi) is 5.07. The highest BCUT2D eigenvalue weighted by Gasteiger charge is 2.23. The van der Waals surface area contributed by atoms with Gasteiger partial charge in [0, 0.05) is 31.7 Å². The van der Waals surface area contributed by atoms with Crippen molar-refractivity contribution in [2.45, 2.75) is 31.4 Å². The van der Waals surface area contributed by atoms with Crippen molar-refractivity contribution >= 4 is 23.5 Å². The Morgan fingerprint density at radius 3 is 2.95 bits per heavy atom. The quantitative estimate of drug-likeness (QED) is 0.851. The van der Waals surface area contributed by atoms with Crippen LogP contribution in [0.25, 0.3) is 0 Å². The van der Waals surface area contributed by atoms with Crippen LogP contribution in [-0.4, -0.2) is 35.4 Å². The third-order valence-corrected chi connectivity index (χ3v) is 4.53. The second-order valence-corrected chi connectivity index (χ2v) is 6.06. The molecule has 104 valence electrons. The number of hydrogen-bond donors (Lipinski definition) is 0. The van der Waals surface area contributed by atoms with Gasteiger partial charge in [-0.2, -0.15) is 0 Å². The summed E-state index contributed by atoms with van der Waals surface area (Å²) in [5, 5.41) is 0.334. The lowest BCUT2D eigenvalue weighted by Gasteiger charge is -2.19. The number of hydrogen-bond acceptors (Lipinski definition) is 4. The van der Waals surface area contributed by atoms with E-state index < -0.39 is 0 Å². The molecule has 0 saturated carbocycles. The van der Waals surface area contributed by atoms with Crippen LogP contribution < -0.4 is 0 Å². The van der Waals surface area contributed by atoms with Crippen LogP contribution >= 0.6 is 11.8 Å². The maximum atomic E-state index is 12.0. The zero-order valence-corrected chi connectivity index (χ0v) is 11.9. The van der Waals surface area contributed by atoms with Crippen LogP contribution in [-0.2, 0) is 9.59 Å². The first-order valence-electron chi connectivity index (χ1n) is 6.59. The Hall–Kier alpha value is -1.23. The number of carbonyl (C=O) groups excluding carboxylic acids is 2. The molecule has 1 fully saturated rings. The minimum atomic E-state index is 0.0750. The van der Waals surface area contributed by atoms with Crippen molar-refractivity contribution in [3.63, 3.8) is 0 Å². The number of ketones is 1. The van der Waals surface area contributed by atoms with E-state index in [4.69, 9.17) is 4.42 Å². The van der Waals surface area contributed by atoms with E-state index in [1.54, 1.807) is 6.26 Å². The number of nitrogens with zero attached hydrogens (tertiary/aromatic N) is 1. The lowest BCUT2D eigenvalue weighted by atomic mass is 10.2. The number of carbonyl (C=O) groups is 2. The normalized spacial score (nSPS) is 20.1. The number of thioether (sulfide) groups is 1. The van der Waals surface area contributed by atoms with Crippen molar-refractivity contribution in [1.82, 2.24) is 4.90 Å². The average Bonchev–Trinajstić information content (AvgIpc) is 2.80. The third kappa shape index (κ3) is 4.13. The molecule has 0 N–H and O–H groups in total. The monoisotopic (exact) mass is 281 g/mol. The SMILES string of the molecule is CC(=O)CCC(=O)N1CCSC(c2ccco2)CC1. The zero-order chi connectivity index (χ0) is 13.7. The van der Waals surface area contributed by atoms with Crippen LogP contribution in [0.1, 0.15) is 37.2 Å². The van der Waals surface area contributed by atoms with Crippen molar-refractivity contribution in [1.29, 1.82) is 0 Å². The number of rotatable bonds is 4. The maximum absolute atomic E-state index is 12.0. The van der Waals surface area contributed by atoms with Gasteiger partial charge in [0.2, 0.25) is 5.91 Å². The highest BCUT2D eigenvalue weighted by Crippen LogP contribution is 2.34. The summed E-state index contributed by atoms with van der Waals surface area (Å²) >= 11 is 1.83. The molecule has 1 amide bonds. The molecule has 0 aromatic carbocycles. The van der Waals surface area contributed by atoms with Gasteiger partial charge in [0.1, 0.15) is 11.5 Å². The lowest BCUT2D eigenvalue weighted by Crippen LogP contribution is -2.33. The summed E-state index contributed by atoms with van der Waals surface area (Å²) in [6.45, 7) is 3.03. The minimum absolute atomic E-state index is 0.0750. The molecule has 4 nitrogen and oxygen atoms in total. The number of amides is 1. The molecule has 1 saturated heterocycles. The molecule has 2 heterocycles. The van der Waals surface area contributed by atoms with Gasteiger partial charge >= 0.3 is 0 Å². The van der Waals surface area contributed by atoms with Gasteiger partial charge in [0.25, 0.3) is 0 Å². The first kappa shape index (κ1) is 14.2. The Morgan fingerprint density at radius 2 is 2.26 bits per heavy atom. The molecule has 0 radical (unpaired) electrons. The molecular formula is C14H19NO3S. The summed E-state index contributed by atoms with van der Waals surface area (Å²) in [6.07, 6.45) is 3.29. The van der Waals surface area contributed by atoms with Crippen LogP contribution in [0, 0.1) is 0 Å². The summed E-state index contributed by atoms with van der Waals surface area (Å²) in [7, 11) is 0. The summed E-state index contributed by atoms with van der Waals surface area (Å²) < 4.78 is 5.43. The van der Waals surface area contributed by atoms with Gasteiger partial charge in [0.05, 0.1) is 11.5 Å². The summed E-state index contributed by atoms with van der Waals surface area (Å²) in [5.41, 5.74) is 0. The Labute approximate surface area is 117 Å². The van der Waals surface area contributed by atoms with Gasteiger partial charge in [-0.1, -0.05) is 0 Å². The largest absolute Gasteiger partial charge is 0.468 e. The average molecular weight is 281 g/mol. The van der Waals surface area contributed by atoms with E-state index in [1.807, 2.05) is 28.8 Å². The van der Waals surface area contributed by atoms with E-state index in [-0.39, 0.29) is 11.7 Å². The van der Waals surface area contributed by atoms with Crippen LogP contribution in [0.2, 0.25) is 0 Å². The molecular weight excluding hydrogens is 262 g/mol. The topological polar surface area (TPSA) is 50.5 Å². The molecule has 19 heavy (non-hydrogen) atoms. The highest BCUT2D eigenvalue weighted by molar-refractivity contribution is 7.99. The second kappa shape index (κ2) is 6.80. The molecule has 1 aliphatic heterocycles. The molecule has 0 spiro atoms. The van der Waals surface area contributed by atoms with Crippen LogP contribution in [0.4, 0.5) is 0 Å². The molecule has 1 unspecified atom stereocenters. The Bertz CT molecular complexity index is 430. The predicted molar refractivity (Wildman–Crippen MR) is 75.0 cm³/mol. The predicted octanol–water partition coefficient (Wildman–Crippen LogP) is 2.66. The van der Waals surface area contributed by atoms with Gasteiger partial charge in [-0.3, -0.25) is 4.79 Å².